The Hall–Kier alpha value is -1.05. The lowest BCUT2D eigenvalue weighted by atomic mass is 10.2. The van der Waals surface area contributed by atoms with Gasteiger partial charge in [-0.05, 0) is 12.1 Å². The highest BCUT2D eigenvalue weighted by atomic mass is 35.5. The zero-order valence-corrected chi connectivity index (χ0v) is 12.2. The van der Waals surface area contributed by atoms with Gasteiger partial charge in [-0.3, -0.25) is 4.21 Å². The van der Waals surface area contributed by atoms with Gasteiger partial charge in [0.15, 0.2) is 0 Å². The number of nitrogens with zero attached hydrogens (tertiary/aromatic N) is 2. The van der Waals surface area contributed by atoms with E-state index in [-0.39, 0.29) is 15.7 Å². The number of rotatable bonds is 2. The fourth-order valence-corrected chi connectivity index (χ4v) is 2.63. The highest BCUT2D eigenvalue weighted by Crippen LogP contribution is 2.37. The standard InChI is InChI=1S/C11H7Cl2F3N2OS/c1-20(19)7-4-17-18(5-7)10-8(12)2-6(3-9(10)13)11(14,15)16/h2-5H,1H3. The van der Waals surface area contributed by atoms with E-state index in [0.29, 0.717) is 4.90 Å². The van der Waals surface area contributed by atoms with Crippen LogP contribution < -0.4 is 0 Å². The Morgan fingerprint density at radius 1 is 1.25 bits per heavy atom. The van der Waals surface area contributed by atoms with Gasteiger partial charge in [0.25, 0.3) is 0 Å². The Kier molecular flexibility index (Phi) is 4.13. The van der Waals surface area contributed by atoms with Gasteiger partial charge in [0, 0.05) is 12.5 Å². The van der Waals surface area contributed by atoms with Crippen LogP contribution in [-0.4, -0.2) is 20.2 Å². The summed E-state index contributed by atoms with van der Waals surface area (Å²) in [5, 5.41) is 3.51. The van der Waals surface area contributed by atoms with E-state index in [1.165, 1.54) is 23.3 Å². The minimum atomic E-state index is -4.54. The number of alkyl halides is 3. The summed E-state index contributed by atoms with van der Waals surface area (Å²) in [7, 11) is -1.26. The first-order valence-corrected chi connectivity index (χ1v) is 7.46. The summed E-state index contributed by atoms with van der Waals surface area (Å²) in [5.41, 5.74) is -0.833. The van der Waals surface area contributed by atoms with Crippen molar-refractivity contribution in [1.29, 1.82) is 0 Å². The third-order valence-corrected chi connectivity index (χ3v) is 3.92. The predicted molar refractivity (Wildman–Crippen MR) is 70.9 cm³/mol. The second-order valence-corrected chi connectivity index (χ2v) is 6.06. The SMILES string of the molecule is CS(=O)c1cnn(-c2c(Cl)cc(C(F)(F)F)cc2Cl)c1. The smallest absolute Gasteiger partial charge is 0.255 e. The summed E-state index contributed by atoms with van der Waals surface area (Å²) < 4.78 is 50.3. The summed E-state index contributed by atoms with van der Waals surface area (Å²) in [6, 6.07) is 1.54. The molecule has 0 fully saturated rings. The molecule has 9 heteroatoms. The lowest BCUT2D eigenvalue weighted by Crippen LogP contribution is -2.06. The van der Waals surface area contributed by atoms with Crippen molar-refractivity contribution in [3.8, 4) is 5.69 Å². The van der Waals surface area contributed by atoms with Crippen molar-refractivity contribution in [2.75, 3.05) is 6.26 Å². The highest BCUT2D eigenvalue weighted by molar-refractivity contribution is 7.84. The van der Waals surface area contributed by atoms with Crippen molar-refractivity contribution in [2.24, 2.45) is 0 Å². The van der Waals surface area contributed by atoms with E-state index in [2.05, 4.69) is 5.10 Å². The lowest BCUT2D eigenvalue weighted by Gasteiger charge is -2.12. The molecule has 0 bridgehead atoms. The summed E-state index contributed by atoms with van der Waals surface area (Å²) >= 11 is 11.7. The Balaban J connectivity index is 2.55. The molecule has 0 N–H and O–H groups in total. The Morgan fingerprint density at radius 2 is 1.80 bits per heavy atom. The molecule has 0 saturated carbocycles. The van der Waals surface area contributed by atoms with Crippen LogP contribution in [0, 0.1) is 0 Å². The average Bonchev–Trinajstić information content (AvgIpc) is 2.76. The fourth-order valence-electron chi connectivity index (χ4n) is 1.53. The van der Waals surface area contributed by atoms with Crippen molar-refractivity contribution in [3.63, 3.8) is 0 Å². The number of hydrogen-bond donors (Lipinski definition) is 0. The molecule has 0 spiro atoms. The van der Waals surface area contributed by atoms with Gasteiger partial charge >= 0.3 is 6.18 Å². The predicted octanol–water partition coefficient (Wildman–Crippen LogP) is 3.94. The molecule has 3 nitrogen and oxygen atoms in total. The molecule has 1 unspecified atom stereocenters. The number of benzene rings is 1. The van der Waals surface area contributed by atoms with E-state index in [4.69, 9.17) is 23.2 Å². The molecule has 0 aliphatic heterocycles. The first-order chi connectivity index (χ1) is 9.20. The van der Waals surface area contributed by atoms with Crippen LogP contribution in [0.1, 0.15) is 5.56 Å². The number of hydrogen-bond acceptors (Lipinski definition) is 2. The molecule has 0 amide bonds. The maximum Gasteiger partial charge on any atom is 0.416 e. The van der Waals surface area contributed by atoms with Crippen LogP contribution in [0.25, 0.3) is 5.69 Å². The summed E-state index contributed by atoms with van der Waals surface area (Å²) in [5.74, 6) is 0. The van der Waals surface area contributed by atoms with Crippen LogP contribution in [0.15, 0.2) is 29.4 Å². The molecule has 0 aliphatic carbocycles. The molecule has 20 heavy (non-hydrogen) atoms. The minimum Gasteiger partial charge on any atom is -0.255 e. The molecular formula is C11H7Cl2F3N2OS. The Labute approximate surface area is 124 Å². The lowest BCUT2D eigenvalue weighted by molar-refractivity contribution is -0.137. The van der Waals surface area contributed by atoms with Crippen LogP contribution in [-0.2, 0) is 17.0 Å². The van der Waals surface area contributed by atoms with Crippen molar-refractivity contribution >= 4 is 34.0 Å². The molecule has 108 valence electrons. The molecule has 2 aromatic rings. The highest BCUT2D eigenvalue weighted by Gasteiger charge is 2.32. The minimum absolute atomic E-state index is 0.109. The largest absolute Gasteiger partial charge is 0.416 e. The molecule has 1 aromatic heterocycles. The van der Waals surface area contributed by atoms with Gasteiger partial charge in [-0.1, -0.05) is 23.2 Å². The quantitative estimate of drug-likeness (QED) is 0.828. The molecule has 2 rings (SSSR count). The number of aromatic nitrogens is 2. The van der Waals surface area contributed by atoms with Gasteiger partial charge in [-0.25, -0.2) is 4.68 Å². The van der Waals surface area contributed by atoms with Crippen LogP contribution in [0.4, 0.5) is 13.2 Å². The third kappa shape index (κ3) is 2.99. The molecule has 0 radical (unpaired) electrons. The molecule has 1 aromatic carbocycles. The van der Waals surface area contributed by atoms with Crippen molar-refractivity contribution in [3.05, 3.63) is 40.1 Å². The summed E-state index contributed by atoms with van der Waals surface area (Å²) in [6.07, 6.45) is -0.347. The van der Waals surface area contributed by atoms with E-state index in [1.54, 1.807) is 0 Å². The average molecular weight is 343 g/mol. The van der Waals surface area contributed by atoms with E-state index < -0.39 is 22.5 Å². The van der Waals surface area contributed by atoms with Crippen molar-refractivity contribution in [2.45, 2.75) is 11.1 Å². The van der Waals surface area contributed by atoms with Crippen LogP contribution in [0.3, 0.4) is 0 Å². The van der Waals surface area contributed by atoms with Gasteiger partial charge in [0.1, 0.15) is 5.69 Å². The first kappa shape index (κ1) is 15.3. The van der Waals surface area contributed by atoms with E-state index in [1.807, 2.05) is 0 Å². The second kappa shape index (κ2) is 5.38. The molecule has 0 aliphatic rings. The normalized spacial score (nSPS) is 13.5. The summed E-state index contributed by atoms with van der Waals surface area (Å²) in [4.78, 5) is 0.414. The third-order valence-electron chi connectivity index (χ3n) is 2.46. The zero-order chi connectivity index (χ0) is 15.1. The maximum absolute atomic E-state index is 12.6. The summed E-state index contributed by atoms with van der Waals surface area (Å²) in [6.45, 7) is 0. The van der Waals surface area contributed by atoms with E-state index in [0.717, 1.165) is 12.1 Å². The van der Waals surface area contributed by atoms with Crippen LogP contribution in [0.5, 0.6) is 0 Å². The van der Waals surface area contributed by atoms with E-state index >= 15 is 0 Å². The van der Waals surface area contributed by atoms with Gasteiger partial charge in [-0.15, -0.1) is 0 Å². The van der Waals surface area contributed by atoms with Crippen LogP contribution in [0.2, 0.25) is 10.0 Å². The number of halogens is 5. The zero-order valence-electron chi connectivity index (χ0n) is 9.91. The van der Waals surface area contributed by atoms with Crippen molar-refractivity contribution < 1.29 is 17.4 Å². The molecule has 0 saturated heterocycles. The molecule has 1 heterocycles. The van der Waals surface area contributed by atoms with Gasteiger partial charge in [-0.2, -0.15) is 18.3 Å². The fraction of sp³-hybridized carbons (Fsp3) is 0.182. The first-order valence-electron chi connectivity index (χ1n) is 5.15. The van der Waals surface area contributed by atoms with Gasteiger partial charge < -0.3 is 0 Å². The second-order valence-electron chi connectivity index (χ2n) is 3.86. The molecule has 1 atom stereocenters. The van der Waals surface area contributed by atoms with Crippen LogP contribution >= 0.6 is 23.2 Å². The van der Waals surface area contributed by atoms with E-state index in [9.17, 15) is 17.4 Å². The van der Waals surface area contributed by atoms with Gasteiger partial charge in [0.2, 0.25) is 0 Å². The van der Waals surface area contributed by atoms with Gasteiger partial charge in [0.05, 0.1) is 37.5 Å². The Morgan fingerprint density at radius 3 is 2.20 bits per heavy atom. The topological polar surface area (TPSA) is 34.9 Å². The molecular weight excluding hydrogens is 336 g/mol. The van der Waals surface area contributed by atoms with Crippen molar-refractivity contribution in [1.82, 2.24) is 9.78 Å². The monoisotopic (exact) mass is 342 g/mol. The Bertz CT molecular complexity index is 662. The maximum atomic E-state index is 12.6.